The van der Waals surface area contributed by atoms with Gasteiger partial charge < -0.3 is 9.47 Å². The number of aromatic nitrogens is 1. The maximum absolute atomic E-state index is 13.8. The van der Waals surface area contributed by atoms with Crippen LogP contribution in [0.15, 0.2) is 54.7 Å². The Morgan fingerprint density at radius 1 is 0.833 bits per heavy atom. The van der Waals surface area contributed by atoms with Crippen molar-refractivity contribution in [3.63, 3.8) is 0 Å². The highest BCUT2D eigenvalue weighted by atomic mass is 19.4. The van der Waals surface area contributed by atoms with Crippen molar-refractivity contribution >= 4 is 6.09 Å². The Kier molecular flexibility index (Phi) is 7.30. The molecule has 0 aliphatic carbocycles. The SMILES string of the molecule is COc1ncccc1-c1ccc(C(F)(F)F)cc1[C@@H]1CCC[C@H]2[C@@H](c3cc(C(F)(F)F)cc(C(F)(F)F)c3)OC(=O)N12. The highest BCUT2D eigenvalue weighted by molar-refractivity contribution is 5.76. The van der Waals surface area contributed by atoms with Gasteiger partial charge in [0.25, 0.3) is 0 Å². The van der Waals surface area contributed by atoms with E-state index in [-0.39, 0.29) is 35.9 Å². The van der Waals surface area contributed by atoms with Crippen molar-refractivity contribution in [2.45, 2.75) is 56.0 Å². The number of rotatable bonds is 4. The third kappa shape index (κ3) is 5.45. The second-order valence-electron chi connectivity index (χ2n) is 9.92. The number of carbonyl (C=O) groups is 1. The lowest BCUT2D eigenvalue weighted by atomic mass is 9.84. The minimum Gasteiger partial charge on any atom is -0.481 e. The summed E-state index contributed by atoms with van der Waals surface area (Å²) in [6, 6.07) is 4.92. The predicted molar refractivity (Wildman–Crippen MR) is 129 cm³/mol. The molecule has 3 aromatic rings. The van der Waals surface area contributed by atoms with Gasteiger partial charge in [-0.15, -0.1) is 0 Å². The zero-order valence-corrected chi connectivity index (χ0v) is 21.6. The van der Waals surface area contributed by atoms with Gasteiger partial charge in [0.1, 0.15) is 6.10 Å². The first-order chi connectivity index (χ1) is 19.6. The maximum atomic E-state index is 13.8. The Morgan fingerprint density at radius 3 is 2.07 bits per heavy atom. The molecule has 0 radical (unpaired) electrons. The van der Waals surface area contributed by atoms with Crippen LogP contribution in [0.2, 0.25) is 0 Å². The molecule has 3 atom stereocenters. The zero-order chi connectivity index (χ0) is 30.6. The van der Waals surface area contributed by atoms with E-state index in [0.717, 1.165) is 17.0 Å². The molecule has 2 fully saturated rings. The Balaban J connectivity index is 1.62. The Bertz CT molecular complexity index is 1470. The van der Waals surface area contributed by atoms with Gasteiger partial charge in [-0.05, 0) is 78.4 Å². The van der Waals surface area contributed by atoms with Crippen molar-refractivity contribution in [3.8, 4) is 17.0 Å². The van der Waals surface area contributed by atoms with Crippen molar-refractivity contribution in [3.05, 3.63) is 82.5 Å². The van der Waals surface area contributed by atoms with Crippen LogP contribution in [0.25, 0.3) is 11.1 Å². The Hall–Kier alpha value is -3.97. The molecule has 1 amide bonds. The number of methoxy groups -OCH3 is 1. The van der Waals surface area contributed by atoms with E-state index < -0.39 is 65.1 Å². The van der Waals surface area contributed by atoms with E-state index in [0.29, 0.717) is 24.1 Å². The van der Waals surface area contributed by atoms with Crippen LogP contribution in [0.3, 0.4) is 0 Å². The average Bonchev–Trinajstić information content (AvgIpc) is 3.27. The summed E-state index contributed by atoms with van der Waals surface area (Å²) >= 11 is 0. The lowest BCUT2D eigenvalue weighted by Gasteiger charge is -2.38. The Morgan fingerprint density at radius 2 is 1.48 bits per heavy atom. The molecule has 0 bridgehead atoms. The molecule has 2 aliphatic rings. The van der Waals surface area contributed by atoms with Crippen LogP contribution >= 0.6 is 0 Å². The summed E-state index contributed by atoms with van der Waals surface area (Å²) in [6.07, 6.45) is -15.6. The highest BCUT2D eigenvalue weighted by Crippen LogP contribution is 2.50. The van der Waals surface area contributed by atoms with Crippen LogP contribution in [-0.4, -0.2) is 29.1 Å². The number of carbonyl (C=O) groups excluding carboxylic acids is 1. The molecule has 224 valence electrons. The molecule has 5 nitrogen and oxygen atoms in total. The van der Waals surface area contributed by atoms with Crippen molar-refractivity contribution in [2.24, 2.45) is 0 Å². The van der Waals surface area contributed by atoms with Gasteiger partial charge in [-0.2, -0.15) is 39.5 Å². The molecule has 2 aromatic carbocycles. The van der Waals surface area contributed by atoms with E-state index in [1.807, 2.05) is 0 Å². The minimum atomic E-state index is -5.12. The third-order valence-corrected chi connectivity index (χ3v) is 7.39. The molecule has 0 spiro atoms. The van der Waals surface area contributed by atoms with E-state index in [9.17, 15) is 44.3 Å². The van der Waals surface area contributed by atoms with Gasteiger partial charge in [0.2, 0.25) is 5.88 Å². The number of cyclic esters (lactones) is 1. The average molecular weight is 604 g/mol. The number of nitrogens with zero attached hydrogens (tertiary/aromatic N) is 2. The van der Waals surface area contributed by atoms with E-state index in [1.54, 1.807) is 6.07 Å². The van der Waals surface area contributed by atoms with E-state index in [2.05, 4.69) is 4.98 Å². The fraction of sp³-hybridized carbons (Fsp3) is 0.357. The minimum absolute atomic E-state index is 0.0299. The third-order valence-electron chi connectivity index (χ3n) is 7.39. The van der Waals surface area contributed by atoms with Crippen LogP contribution in [0.1, 0.15) is 59.2 Å². The number of hydrogen-bond donors (Lipinski definition) is 0. The van der Waals surface area contributed by atoms with Crippen LogP contribution in [0, 0.1) is 0 Å². The van der Waals surface area contributed by atoms with E-state index >= 15 is 0 Å². The highest BCUT2D eigenvalue weighted by Gasteiger charge is 2.50. The fourth-order valence-corrected chi connectivity index (χ4v) is 5.59. The second-order valence-corrected chi connectivity index (χ2v) is 9.92. The normalized spacial score (nSPS) is 21.2. The largest absolute Gasteiger partial charge is 0.481 e. The lowest BCUT2D eigenvalue weighted by molar-refractivity contribution is -0.143. The number of alkyl halides is 9. The molecule has 0 unspecified atom stereocenters. The van der Waals surface area contributed by atoms with E-state index in [4.69, 9.17) is 9.47 Å². The molecule has 2 saturated heterocycles. The summed E-state index contributed by atoms with van der Waals surface area (Å²) in [6.45, 7) is 0. The first-order valence-corrected chi connectivity index (χ1v) is 12.6. The Labute approximate surface area is 232 Å². The van der Waals surface area contributed by atoms with Crippen LogP contribution < -0.4 is 4.74 Å². The maximum Gasteiger partial charge on any atom is 0.416 e. The molecule has 0 N–H and O–H groups in total. The molecule has 0 saturated carbocycles. The number of benzene rings is 2. The number of pyridine rings is 1. The van der Waals surface area contributed by atoms with Gasteiger partial charge in [-0.1, -0.05) is 6.07 Å². The monoisotopic (exact) mass is 604 g/mol. The summed E-state index contributed by atoms with van der Waals surface area (Å²) in [5.74, 6) is 0.0939. The first-order valence-electron chi connectivity index (χ1n) is 12.6. The van der Waals surface area contributed by atoms with Crippen LogP contribution in [-0.2, 0) is 23.3 Å². The topological polar surface area (TPSA) is 51.7 Å². The number of fused-ring (bicyclic) bond motifs is 1. The number of amides is 1. The molecule has 1 aromatic heterocycles. The van der Waals surface area contributed by atoms with Gasteiger partial charge in [-0.3, -0.25) is 4.90 Å². The molecule has 2 aliphatic heterocycles. The van der Waals surface area contributed by atoms with Gasteiger partial charge in [0.15, 0.2) is 0 Å². The summed E-state index contributed by atoms with van der Waals surface area (Å²) in [7, 11) is 1.32. The van der Waals surface area contributed by atoms with Gasteiger partial charge in [0.05, 0.1) is 35.9 Å². The molecule has 42 heavy (non-hydrogen) atoms. The number of halogens is 9. The van der Waals surface area contributed by atoms with Crippen molar-refractivity contribution < 1.29 is 53.8 Å². The second kappa shape index (κ2) is 10.4. The molecule has 14 heteroatoms. The number of piperidine rings is 1. The fourth-order valence-electron chi connectivity index (χ4n) is 5.59. The number of hydrogen-bond acceptors (Lipinski definition) is 4. The molecule has 5 rings (SSSR count). The first kappa shape index (κ1) is 29.5. The quantitative estimate of drug-likeness (QED) is 0.280. The molecular formula is C28H21F9N2O3. The van der Waals surface area contributed by atoms with Crippen LogP contribution in [0.5, 0.6) is 5.88 Å². The zero-order valence-electron chi connectivity index (χ0n) is 21.6. The van der Waals surface area contributed by atoms with Crippen molar-refractivity contribution in [2.75, 3.05) is 7.11 Å². The van der Waals surface area contributed by atoms with Crippen molar-refractivity contribution in [1.82, 2.24) is 9.88 Å². The van der Waals surface area contributed by atoms with Crippen molar-refractivity contribution in [1.29, 1.82) is 0 Å². The summed E-state index contributed by atoms with van der Waals surface area (Å²) in [4.78, 5) is 18.4. The summed E-state index contributed by atoms with van der Waals surface area (Å²) < 4.78 is 133. The molecular weight excluding hydrogens is 583 g/mol. The predicted octanol–water partition coefficient (Wildman–Crippen LogP) is 8.60. The smallest absolute Gasteiger partial charge is 0.416 e. The summed E-state index contributed by atoms with van der Waals surface area (Å²) in [5.41, 5.74) is -4.04. The van der Waals surface area contributed by atoms with Gasteiger partial charge in [-0.25, -0.2) is 9.78 Å². The number of ether oxygens (including phenoxy) is 2. The standard InChI is InChI=1S/C28H21F9N2O3/c1-41-24-19(4-3-9-38-24)18-8-7-15(26(29,30)31)13-20(18)21-5-2-6-22-23(42-25(40)39(21)22)14-10-16(27(32,33)34)12-17(11-14)28(35,36)37/h3-4,7-13,21-23H,2,5-6H2,1H3/t21-,22-,23+/m0/s1. The van der Waals surface area contributed by atoms with Crippen LogP contribution in [0.4, 0.5) is 44.3 Å². The van der Waals surface area contributed by atoms with Gasteiger partial charge in [0, 0.05) is 11.8 Å². The van der Waals surface area contributed by atoms with E-state index in [1.165, 1.54) is 25.4 Å². The summed E-state index contributed by atoms with van der Waals surface area (Å²) in [5, 5.41) is 0. The molecule has 3 heterocycles. The lowest BCUT2D eigenvalue weighted by Crippen LogP contribution is -2.41. The van der Waals surface area contributed by atoms with Gasteiger partial charge >= 0.3 is 24.6 Å².